The summed E-state index contributed by atoms with van der Waals surface area (Å²) in [6.07, 6.45) is 0.563. The van der Waals surface area contributed by atoms with Crippen LogP contribution in [0.2, 0.25) is 0 Å². The summed E-state index contributed by atoms with van der Waals surface area (Å²) in [5.41, 5.74) is 3.60. The van der Waals surface area contributed by atoms with Crippen molar-refractivity contribution in [3.8, 4) is 5.75 Å². The number of hydrogen-bond donors (Lipinski definition) is 2. The Hall–Kier alpha value is -4.44. The first-order valence-electron chi connectivity index (χ1n) is 12.8. The highest BCUT2D eigenvalue weighted by atomic mass is 32.2. The topological polar surface area (TPSA) is 121 Å². The molecule has 2 amide bonds. The predicted molar refractivity (Wildman–Crippen MR) is 153 cm³/mol. The number of thioether (sulfide) groups is 1. The normalized spacial score (nSPS) is 19.1. The van der Waals surface area contributed by atoms with Gasteiger partial charge in [0.15, 0.2) is 5.17 Å². The molecule has 3 aromatic carbocycles. The molecule has 204 valence electrons. The number of nitrogens with zero attached hydrogens (tertiary/aromatic N) is 3. The van der Waals surface area contributed by atoms with Crippen molar-refractivity contribution in [2.75, 3.05) is 7.11 Å². The largest absolute Gasteiger partial charge is 0.497 e. The smallest absolute Gasteiger partial charge is 0.326 e. The Balaban J connectivity index is 1.29. The van der Waals surface area contributed by atoms with Gasteiger partial charge in [0.2, 0.25) is 5.91 Å². The lowest BCUT2D eigenvalue weighted by Gasteiger charge is -2.23. The van der Waals surface area contributed by atoms with Crippen molar-refractivity contribution >= 4 is 40.4 Å². The summed E-state index contributed by atoms with van der Waals surface area (Å²) in [4.78, 5) is 41.7. The number of ether oxygens (including phenoxy) is 1. The number of carboxylic acids is 1. The van der Waals surface area contributed by atoms with Gasteiger partial charge >= 0.3 is 5.97 Å². The molecule has 0 spiro atoms. The average molecular weight is 557 g/mol. The van der Waals surface area contributed by atoms with E-state index >= 15 is 0 Å². The molecule has 0 unspecified atom stereocenters. The molecule has 0 saturated heterocycles. The Morgan fingerprint density at radius 2 is 1.73 bits per heavy atom. The Labute approximate surface area is 235 Å². The first-order valence-corrected chi connectivity index (χ1v) is 13.7. The van der Waals surface area contributed by atoms with Crippen molar-refractivity contribution in [1.29, 1.82) is 0 Å². The zero-order valence-corrected chi connectivity index (χ0v) is 22.6. The number of carbonyl (C=O) groups is 3. The standard InChI is InChI=1S/C30H28N4O5S/c1-39-22-14-12-20(13-15-22)23-17-25(21-10-6-3-7-11-21)34(33-23)30-32-28(36)26(40-30)18-27(35)31-24(29(37)38)16-19-8-4-2-5-9-19/h2-15,24-26H,16-18H2,1H3,(H,31,35)(H,37,38)/t24-,25+,26+/m1/s1. The van der Waals surface area contributed by atoms with Gasteiger partial charge in [-0.2, -0.15) is 10.1 Å². The maximum atomic E-state index is 12.9. The minimum absolute atomic E-state index is 0.144. The quantitative estimate of drug-likeness (QED) is 0.408. The van der Waals surface area contributed by atoms with Crippen LogP contribution in [0.1, 0.15) is 35.6 Å². The zero-order chi connectivity index (χ0) is 28.1. The maximum Gasteiger partial charge on any atom is 0.326 e. The van der Waals surface area contributed by atoms with E-state index in [2.05, 4.69) is 10.3 Å². The number of carbonyl (C=O) groups excluding carboxylic acids is 2. The van der Waals surface area contributed by atoms with Crippen molar-refractivity contribution in [3.63, 3.8) is 0 Å². The SMILES string of the molecule is COc1ccc(C2=NN(C3=NC(=O)[C@H](CC(=O)N[C@H](Cc4ccccc4)C(=O)O)S3)[C@H](c3ccccc3)C2)cc1. The van der Waals surface area contributed by atoms with Gasteiger partial charge in [-0.15, -0.1) is 0 Å². The van der Waals surface area contributed by atoms with Crippen LogP contribution in [0.3, 0.4) is 0 Å². The molecule has 0 fully saturated rings. The van der Waals surface area contributed by atoms with E-state index in [1.807, 2.05) is 72.8 Å². The molecule has 40 heavy (non-hydrogen) atoms. The summed E-state index contributed by atoms with van der Waals surface area (Å²) >= 11 is 1.18. The molecular formula is C30H28N4O5S. The third-order valence-electron chi connectivity index (χ3n) is 6.73. The number of rotatable bonds is 9. The summed E-state index contributed by atoms with van der Waals surface area (Å²) in [7, 11) is 1.61. The fourth-order valence-corrected chi connectivity index (χ4v) is 5.72. The fourth-order valence-electron chi connectivity index (χ4n) is 4.66. The third kappa shape index (κ3) is 6.23. The van der Waals surface area contributed by atoms with Gasteiger partial charge < -0.3 is 15.2 Å². The molecule has 9 nitrogen and oxygen atoms in total. The van der Waals surface area contributed by atoms with Crippen molar-refractivity contribution in [3.05, 3.63) is 102 Å². The van der Waals surface area contributed by atoms with E-state index in [1.165, 1.54) is 11.8 Å². The highest BCUT2D eigenvalue weighted by Crippen LogP contribution is 2.38. The van der Waals surface area contributed by atoms with E-state index in [1.54, 1.807) is 24.3 Å². The first-order chi connectivity index (χ1) is 19.4. The molecule has 2 aliphatic rings. The molecule has 0 radical (unpaired) electrons. The predicted octanol–water partition coefficient (Wildman–Crippen LogP) is 4.05. The molecule has 2 heterocycles. The van der Waals surface area contributed by atoms with Crippen molar-refractivity contribution in [1.82, 2.24) is 10.3 Å². The van der Waals surface area contributed by atoms with Gasteiger partial charge in [0.05, 0.1) is 18.9 Å². The second kappa shape index (κ2) is 12.2. The number of carboxylic acid groups (broad SMARTS) is 1. The lowest BCUT2D eigenvalue weighted by molar-refractivity contribution is -0.141. The molecule has 5 rings (SSSR count). The van der Waals surface area contributed by atoms with Crippen LogP contribution in [0.15, 0.2) is 95.0 Å². The van der Waals surface area contributed by atoms with Gasteiger partial charge in [-0.05, 0) is 41.0 Å². The van der Waals surface area contributed by atoms with Gasteiger partial charge in [0, 0.05) is 19.3 Å². The van der Waals surface area contributed by atoms with Gasteiger partial charge in [-0.25, -0.2) is 9.80 Å². The number of amidine groups is 1. The molecule has 2 aliphatic heterocycles. The Morgan fingerprint density at radius 3 is 2.38 bits per heavy atom. The number of nitrogens with one attached hydrogen (secondary N) is 1. The van der Waals surface area contributed by atoms with E-state index in [0.29, 0.717) is 11.6 Å². The van der Waals surface area contributed by atoms with Crippen LogP contribution >= 0.6 is 11.8 Å². The van der Waals surface area contributed by atoms with E-state index in [4.69, 9.17) is 9.84 Å². The highest BCUT2D eigenvalue weighted by molar-refractivity contribution is 8.15. The molecule has 3 atom stereocenters. The molecule has 0 aliphatic carbocycles. The molecule has 0 aromatic heterocycles. The van der Waals surface area contributed by atoms with Crippen molar-refractivity contribution in [2.45, 2.75) is 36.6 Å². The summed E-state index contributed by atoms with van der Waals surface area (Å²) < 4.78 is 5.27. The number of methoxy groups -OCH3 is 1. The van der Waals surface area contributed by atoms with Crippen LogP contribution in [0.5, 0.6) is 5.75 Å². The number of aliphatic imine (C=N–C) groups is 1. The number of amides is 2. The number of aliphatic carboxylic acids is 1. The average Bonchev–Trinajstić information content (AvgIpc) is 3.57. The van der Waals surface area contributed by atoms with Crippen molar-refractivity contribution in [2.24, 2.45) is 10.1 Å². The molecule has 3 aromatic rings. The lowest BCUT2D eigenvalue weighted by Crippen LogP contribution is -2.43. The van der Waals surface area contributed by atoms with Crippen LogP contribution in [0.4, 0.5) is 0 Å². The minimum atomic E-state index is -1.14. The summed E-state index contributed by atoms with van der Waals surface area (Å²) in [5.74, 6) is -1.35. The van der Waals surface area contributed by atoms with Gasteiger partial charge in [-0.3, -0.25) is 9.59 Å². The minimum Gasteiger partial charge on any atom is -0.497 e. The van der Waals surface area contributed by atoms with Gasteiger partial charge in [-0.1, -0.05) is 72.4 Å². The molecule has 0 saturated carbocycles. The van der Waals surface area contributed by atoms with E-state index in [9.17, 15) is 19.5 Å². The molecule has 2 N–H and O–H groups in total. The molecule has 10 heteroatoms. The van der Waals surface area contributed by atoms with Crippen LogP contribution in [-0.4, -0.2) is 57.2 Å². The monoisotopic (exact) mass is 556 g/mol. The summed E-state index contributed by atoms with van der Waals surface area (Å²) in [5, 5.41) is 18.4. The second-order valence-corrected chi connectivity index (χ2v) is 10.6. The van der Waals surface area contributed by atoms with Crippen LogP contribution < -0.4 is 10.1 Å². The first kappa shape index (κ1) is 27.1. The fraction of sp³-hybridized carbons (Fsp3) is 0.233. The van der Waals surface area contributed by atoms with Crippen LogP contribution in [0.25, 0.3) is 0 Å². The third-order valence-corrected chi connectivity index (χ3v) is 7.87. The number of hydrazone groups is 1. The van der Waals surface area contributed by atoms with E-state index in [0.717, 1.165) is 28.2 Å². The second-order valence-electron chi connectivity index (χ2n) is 9.44. The van der Waals surface area contributed by atoms with Crippen LogP contribution in [0, 0.1) is 0 Å². The van der Waals surface area contributed by atoms with E-state index in [-0.39, 0.29) is 18.9 Å². The van der Waals surface area contributed by atoms with Gasteiger partial charge in [0.1, 0.15) is 17.0 Å². The van der Waals surface area contributed by atoms with Gasteiger partial charge in [0.25, 0.3) is 5.91 Å². The summed E-state index contributed by atoms with van der Waals surface area (Å²) in [6, 6.07) is 25.3. The zero-order valence-electron chi connectivity index (χ0n) is 21.8. The molecule has 0 bridgehead atoms. The molecular weight excluding hydrogens is 528 g/mol. The lowest BCUT2D eigenvalue weighted by atomic mass is 9.98. The van der Waals surface area contributed by atoms with E-state index < -0.39 is 29.1 Å². The Morgan fingerprint density at radius 1 is 1.05 bits per heavy atom. The number of hydrogen-bond acceptors (Lipinski definition) is 7. The van der Waals surface area contributed by atoms with Crippen LogP contribution in [-0.2, 0) is 20.8 Å². The number of benzene rings is 3. The van der Waals surface area contributed by atoms with Crippen molar-refractivity contribution < 1.29 is 24.2 Å². The maximum absolute atomic E-state index is 12.9. The Kier molecular flexibility index (Phi) is 8.26. The Bertz CT molecular complexity index is 1440. The summed E-state index contributed by atoms with van der Waals surface area (Å²) in [6.45, 7) is 0. The highest BCUT2D eigenvalue weighted by Gasteiger charge is 2.39.